The first-order chi connectivity index (χ1) is 16.6. The van der Waals surface area contributed by atoms with Gasteiger partial charge in [0.2, 0.25) is 5.88 Å². The molecule has 0 aliphatic carbocycles. The Labute approximate surface area is 216 Å². The van der Waals surface area contributed by atoms with E-state index < -0.39 is 0 Å². The Bertz CT molecular complexity index is 1680. The van der Waals surface area contributed by atoms with E-state index in [4.69, 9.17) is 4.74 Å². The van der Waals surface area contributed by atoms with Crippen LogP contribution in [0.25, 0.3) is 38.5 Å². The number of fused-ring (bicyclic) bond motifs is 4. The fourth-order valence-electron chi connectivity index (χ4n) is 4.28. The standard InChI is InChI=1S/C28H21N4O2.Pt/c1-17(2)19-13-18-6-9-27(31-28(18)25(33)14-19)34-20-7-8-21-22-10-12-29-16-24(22)32(23(21)15-20)26-5-3-4-11-30-26;/h3-14,16-17,33H,1-2H3;/q-1;. The Kier molecular flexibility index (Phi) is 5.99. The molecule has 0 amide bonds. The molecule has 0 saturated carbocycles. The maximum absolute atomic E-state index is 10.5. The number of rotatable bonds is 4. The van der Waals surface area contributed by atoms with Gasteiger partial charge in [-0.3, -0.25) is 4.98 Å². The Hall–Kier alpha value is -3.76. The summed E-state index contributed by atoms with van der Waals surface area (Å²) in [5.41, 5.74) is 3.36. The number of phenols is 1. The van der Waals surface area contributed by atoms with Crippen molar-refractivity contribution in [2.75, 3.05) is 0 Å². The van der Waals surface area contributed by atoms with Crippen LogP contribution in [0.1, 0.15) is 25.3 Å². The molecule has 35 heavy (non-hydrogen) atoms. The number of hydrogen-bond acceptors (Lipinski definition) is 5. The molecule has 0 aliphatic heterocycles. The smallest absolute Gasteiger partial charge is 0.217 e. The first-order valence-corrected chi connectivity index (χ1v) is 11.1. The predicted molar refractivity (Wildman–Crippen MR) is 133 cm³/mol. The first-order valence-electron chi connectivity index (χ1n) is 11.1. The van der Waals surface area contributed by atoms with Crippen molar-refractivity contribution in [2.45, 2.75) is 19.8 Å². The van der Waals surface area contributed by atoms with Crippen molar-refractivity contribution >= 4 is 32.7 Å². The molecule has 0 spiro atoms. The second-order valence-electron chi connectivity index (χ2n) is 8.52. The van der Waals surface area contributed by atoms with Gasteiger partial charge in [-0.25, -0.2) is 9.97 Å². The van der Waals surface area contributed by atoms with E-state index in [0.717, 1.165) is 38.6 Å². The molecule has 0 atom stereocenters. The van der Waals surface area contributed by atoms with Crippen molar-refractivity contribution in [2.24, 2.45) is 0 Å². The third-order valence-corrected chi connectivity index (χ3v) is 5.98. The zero-order chi connectivity index (χ0) is 23.2. The van der Waals surface area contributed by atoms with E-state index in [9.17, 15) is 5.11 Å². The Balaban J connectivity index is 0.00000253. The molecular weight excluding hydrogens is 619 g/mol. The van der Waals surface area contributed by atoms with Gasteiger partial charge in [-0.1, -0.05) is 25.4 Å². The molecule has 176 valence electrons. The van der Waals surface area contributed by atoms with E-state index in [1.165, 1.54) is 0 Å². The Morgan fingerprint density at radius 3 is 2.66 bits per heavy atom. The van der Waals surface area contributed by atoms with Crippen molar-refractivity contribution in [3.05, 3.63) is 90.9 Å². The van der Waals surface area contributed by atoms with Crippen molar-refractivity contribution < 1.29 is 30.9 Å². The van der Waals surface area contributed by atoms with Gasteiger partial charge in [0.05, 0.1) is 11.7 Å². The van der Waals surface area contributed by atoms with E-state index in [-0.39, 0.29) is 26.8 Å². The molecule has 6 rings (SSSR count). The van der Waals surface area contributed by atoms with Crippen LogP contribution in [0.5, 0.6) is 17.4 Å². The molecule has 1 N–H and O–H groups in total. The minimum atomic E-state index is 0. The summed E-state index contributed by atoms with van der Waals surface area (Å²) in [6.45, 7) is 4.19. The van der Waals surface area contributed by atoms with E-state index >= 15 is 0 Å². The molecule has 0 unspecified atom stereocenters. The van der Waals surface area contributed by atoms with E-state index in [2.05, 4.69) is 34.9 Å². The van der Waals surface area contributed by atoms with Gasteiger partial charge in [-0.15, -0.1) is 17.5 Å². The fourth-order valence-corrected chi connectivity index (χ4v) is 4.28. The van der Waals surface area contributed by atoms with Crippen LogP contribution >= 0.6 is 0 Å². The second-order valence-corrected chi connectivity index (χ2v) is 8.52. The van der Waals surface area contributed by atoms with Crippen molar-refractivity contribution in [1.82, 2.24) is 19.5 Å². The van der Waals surface area contributed by atoms with Crippen LogP contribution < -0.4 is 4.74 Å². The number of hydrogen-bond donors (Lipinski definition) is 1. The van der Waals surface area contributed by atoms with Gasteiger partial charge >= 0.3 is 0 Å². The van der Waals surface area contributed by atoms with Gasteiger partial charge in [-0.2, -0.15) is 6.07 Å². The zero-order valence-corrected chi connectivity index (χ0v) is 21.3. The minimum absolute atomic E-state index is 0. The molecule has 6 aromatic rings. The number of pyridine rings is 3. The largest absolute Gasteiger partial charge is 0.506 e. The average Bonchev–Trinajstić information content (AvgIpc) is 3.18. The number of ether oxygens (including phenoxy) is 1. The minimum Gasteiger partial charge on any atom is -0.506 e. The Morgan fingerprint density at radius 1 is 0.971 bits per heavy atom. The Morgan fingerprint density at radius 2 is 1.86 bits per heavy atom. The molecule has 0 aliphatic rings. The van der Waals surface area contributed by atoms with Gasteiger partial charge in [-0.05, 0) is 53.3 Å². The predicted octanol–water partition coefficient (Wildman–Crippen LogP) is 6.54. The van der Waals surface area contributed by atoms with Crippen molar-refractivity contribution in [3.63, 3.8) is 0 Å². The average molecular weight is 641 g/mol. The second kappa shape index (κ2) is 9.12. The number of phenolic OH excluding ortho intramolecular Hbond substituents is 1. The number of benzene rings is 2. The van der Waals surface area contributed by atoms with Crippen LogP contribution in [0.4, 0.5) is 0 Å². The van der Waals surface area contributed by atoms with Crippen LogP contribution in [0.2, 0.25) is 0 Å². The van der Waals surface area contributed by atoms with Crippen LogP contribution in [0, 0.1) is 6.07 Å². The van der Waals surface area contributed by atoms with Crippen LogP contribution in [-0.2, 0) is 21.1 Å². The number of aromatic nitrogens is 4. The SMILES string of the molecule is CC(C)c1cc(O)c2nc(Oc3[c-]c4c(cc3)c3ccncc3n4-c3ccccn3)ccc2c1.[Pt]. The van der Waals surface area contributed by atoms with E-state index in [0.29, 0.717) is 23.1 Å². The van der Waals surface area contributed by atoms with Gasteiger partial charge in [0.15, 0.2) is 0 Å². The summed E-state index contributed by atoms with van der Waals surface area (Å²) < 4.78 is 8.11. The molecule has 7 heteroatoms. The van der Waals surface area contributed by atoms with Gasteiger partial charge in [0, 0.05) is 50.7 Å². The summed E-state index contributed by atoms with van der Waals surface area (Å²) in [6.07, 6.45) is 5.38. The van der Waals surface area contributed by atoms with Crippen molar-refractivity contribution in [1.29, 1.82) is 0 Å². The normalized spacial score (nSPS) is 11.3. The van der Waals surface area contributed by atoms with Crippen LogP contribution in [-0.4, -0.2) is 24.6 Å². The van der Waals surface area contributed by atoms with Gasteiger partial charge < -0.3 is 14.4 Å². The third-order valence-electron chi connectivity index (χ3n) is 5.98. The molecule has 4 heterocycles. The fraction of sp³-hybridized carbons (Fsp3) is 0.107. The van der Waals surface area contributed by atoms with Gasteiger partial charge in [0.1, 0.15) is 17.1 Å². The molecule has 4 aromatic heterocycles. The van der Waals surface area contributed by atoms with E-state index in [1.807, 2.05) is 65.4 Å². The maximum Gasteiger partial charge on any atom is 0.217 e. The summed E-state index contributed by atoms with van der Waals surface area (Å²) in [5, 5.41) is 13.5. The summed E-state index contributed by atoms with van der Waals surface area (Å²) in [7, 11) is 0. The zero-order valence-electron chi connectivity index (χ0n) is 19.0. The maximum atomic E-state index is 10.5. The number of nitrogens with zero attached hydrogens (tertiary/aromatic N) is 4. The summed E-state index contributed by atoms with van der Waals surface area (Å²) in [5.74, 6) is 2.14. The molecule has 0 radical (unpaired) electrons. The first kappa shape index (κ1) is 23.0. The molecule has 6 nitrogen and oxygen atoms in total. The summed E-state index contributed by atoms with van der Waals surface area (Å²) in [6, 6.07) is 22.6. The van der Waals surface area contributed by atoms with E-state index in [1.54, 1.807) is 18.5 Å². The molecule has 2 aromatic carbocycles. The third kappa shape index (κ3) is 4.04. The topological polar surface area (TPSA) is 73.1 Å². The summed E-state index contributed by atoms with van der Waals surface area (Å²) in [4.78, 5) is 13.4. The van der Waals surface area contributed by atoms with Crippen LogP contribution in [0.15, 0.2) is 79.3 Å². The molecular formula is C28H21N4O2Pt-. The molecule has 0 bridgehead atoms. The summed E-state index contributed by atoms with van der Waals surface area (Å²) >= 11 is 0. The quantitative estimate of drug-likeness (QED) is 0.222. The molecule has 0 fully saturated rings. The molecule has 0 saturated heterocycles. The monoisotopic (exact) mass is 640 g/mol. The van der Waals surface area contributed by atoms with Crippen LogP contribution in [0.3, 0.4) is 0 Å². The van der Waals surface area contributed by atoms with Crippen molar-refractivity contribution in [3.8, 4) is 23.2 Å². The van der Waals surface area contributed by atoms with Gasteiger partial charge in [0.25, 0.3) is 0 Å². The number of aromatic hydroxyl groups is 1.